The Kier molecular flexibility index (Phi) is 6.32. The largest absolute Gasteiger partial charge is 0.481 e. The Labute approximate surface area is 120 Å². The van der Waals surface area contributed by atoms with Crippen molar-refractivity contribution in [1.29, 1.82) is 0 Å². The van der Waals surface area contributed by atoms with Crippen LogP contribution < -0.4 is 0 Å². The van der Waals surface area contributed by atoms with Crippen LogP contribution >= 0.6 is 15.2 Å². The Balaban J connectivity index is 6.59. The first-order valence-electron chi connectivity index (χ1n) is 5.81. The maximum Gasteiger partial charge on any atom is 0.344 e. The van der Waals surface area contributed by atoms with Gasteiger partial charge in [-0.15, -0.1) is 0 Å². The van der Waals surface area contributed by atoms with Crippen LogP contribution in [0.4, 0.5) is 0 Å². The van der Waals surface area contributed by atoms with Gasteiger partial charge in [0.25, 0.3) is 0 Å². The van der Waals surface area contributed by atoms with E-state index in [0.717, 1.165) is 6.92 Å². The molecular formula is C9H18O10P2. The van der Waals surface area contributed by atoms with Gasteiger partial charge in [0.1, 0.15) is 0 Å². The first-order chi connectivity index (χ1) is 9.24. The molecule has 2 unspecified atom stereocenters. The second-order valence-electron chi connectivity index (χ2n) is 4.66. The van der Waals surface area contributed by atoms with Crippen molar-refractivity contribution in [2.45, 2.75) is 31.6 Å². The fourth-order valence-corrected chi connectivity index (χ4v) is 6.08. The van der Waals surface area contributed by atoms with E-state index in [1.165, 1.54) is 6.92 Å². The van der Waals surface area contributed by atoms with Crippen LogP contribution in [0.25, 0.3) is 0 Å². The average Bonchev–Trinajstić information content (AvgIpc) is 2.23. The highest BCUT2D eigenvalue weighted by Crippen LogP contribution is 2.74. The molecule has 2 atom stereocenters. The van der Waals surface area contributed by atoms with E-state index in [0.29, 0.717) is 0 Å². The van der Waals surface area contributed by atoms with Crippen molar-refractivity contribution in [1.82, 2.24) is 0 Å². The number of rotatable bonds is 8. The van der Waals surface area contributed by atoms with Crippen molar-refractivity contribution < 1.29 is 48.5 Å². The molecule has 0 rings (SSSR count). The zero-order valence-corrected chi connectivity index (χ0v) is 13.1. The van der Waals surface area contributed by atoms with Gasteiger partial charge in [-0.2, -0.15) is 0 Å². The van der Waals surface area contributed by atoms with Gasteiger partial charge in [-0.3, -0.25) is 18.7 Å². The third-order valence-electron chi connectivity index (χ3n) is 3.28. The Morgan fingerprint density at radius 2 is 1.38 bits per heavy atom. The molecule has 0 heterocycles. The first-order valence-corrected chi connectivity index (χ1v) is 9.03. The lowest BCUT2D eigenvalue weighted by Crippen LogP contribution is -2.47. The summed E-state index contributed by atoms with van der Waals surface area (Å²) in [4.78, 5) is 56.6. The fraction of sp³-hybridized carbons (Fsp3) is 0.778. The minimum atomic E-state index is -5.66. The number of hydrogen-bond donors (Lipinski definition) is 6. The fourth-order valence-electron chi connectivity index (χ4n) is 2.30. The maximum atomic E-state index is 11.7. The van der Waals surface area contributed by atoms with E-state index in [9.17, 15) is 38.3 Å². The van der Waals surface area contributed by atoms with Crippen molar-refractivity contribution in [3.8, 4) is 0 Å². The van der Waals surface area contributed by atoms with Gasteiger partial charge >= 0.3 is 27.1 Å². The molecule has 6 N–H and O–H groups in total. The third kappa shape index (κ3) is 3.71. The lowest BCUT2D eigenvalue weighted by atomic mass is 9.88. The molecule has 0 bridgehead atoms. The average molecular weight is 348 g/mol. The van der Waals surface area contributed by atoms with Crippen molar-refractivity contribution in [2.75, 3.05) is 0 Å². The maximum absolute atomic E-state index is 11.7. The molecule has 0 aliphatic carbocycles. The lowest BCUT2D eigenvalue weighted by molar-refractivity contribution is -0.154. The Hall–Kier alpha value is -0.760. The van der Waals surface area contributed by atoms with E-state index in [1.807, 2.05) is 0 Å². The highest BCUT2D eigenvalue weighted by molar-refractivity contribution is 7.72. The summed E-state index contributed by atoms with van der Waals surface area (Å²) < 4.78 is 23.4. The monoisotopic (exact) mass is 348 g/mol. The molecule has 10 nitrogen and oxygen atoms in total. The van der Waals surface area contributed by atoms with Crippen molar-refractivity contribution in [2.24, 2.45) is 11.8 Å². The number of carbonyl (C=O) groups is 2. The molecule has 21 heavy (non-hydrogen) atoms. The number of aliphatic carboxylic acids is 2. The highest BCUT2D eigenvalue weighted by atomic mass is 31.2. The summed E-state index contributed by atoms with van der Waals surface area (Å²) in [5, 5.41) is 18.0. The van der Waals surface area contributed by atoms with Crippen LogP contribution in [-0.4, -0.2) is 46.6 Å². The molecule has 0 saturated heterocycles. The topological polar surface area (TPSA) is 190 Å². The summed E-state index contributed by atoms with van der Waals surface area (Å²) in [5.41, 5.74) is 0. The van der Waals surface area contributed by atoms with E-state index in [4.69, 9.17) is 10.2 Å². The summed E-state index contributed by atoms with van der Waals surface area (Å²) >= 11 is 0. The van der Waals surface area contributed by atoms with Crippen LogP contribution in [0.1, 0.15) is 26.7 Å². The second kappa shape index (κ2) is 6.56. The summed E-state index contributed by atoms with van der Waals surface area (Å²) in [5.74, 6) is -8.08. The molecule has 124 valence electrons. The van der Waals surface area contributed by atoms with Gasteiger partial charge in [-0.05, 0) is 6.42 Å². The van der Waals surface area contributed by atoms with E-state index < -0.39 is 50.3 Å². The van der Waals surface area contributed by atoms with E-state index in [2.05, 4.69) is 0 Å². The number of carboxylic acids is 2. The SMILES string of the molecule is CCCC(C(C(=O)O)C(C)C(=O)O)(P(=O)(O)O)P(=O)(O)O. The van der Waals surface area contributed by atoms with Crippen LogP contribution in [0.15, 0.2) is 0 Å². The molecule has 12 heteroatoms. The van der Waals surface area contributed by atoms with E-state index >= 15 is 0 Å². The van der Waals surface area contributed by atoms with Crippen LogP contribution in [0.2, 0.25) is 0 Å². The van der Waals surface area contributed by atoms with E-state index in [-0.39, 0.29) is 6.42 Å². The molecule has 0 aromatic heterocycles. The van der Waals surface area contributed by atoms with Crippen molar-refractivity contribution >= 4 is 27.1 Å². The van der Waals surface area contributed by atoms with Crippen LogP contribution in [-0.2, 0) is 18.7 Å². The predicted octanol–water partition coefficient (Wildman–Crippen LogP) is 0.260. The molecule has 0 radical (unpaired) electrons. The van der Waals surface area contributed by atoms with Crippen molar-refractivity contribution in [3.05, 3.63) is 0 Å². The minimum Gasteiger partial charge on any atom is -0.481 e. The molecule has 0 spiro atoms. The van der Waals surface area contributed by atoms with Crippen LogP contribution in [0.3, 0.4) is 0 Å². The first kappa shape index (κ1) is 20.2. The smallest absolute Gasteiger partial charge is 0.344 e. The summed E-state index contributed by atoms with van der Waals surface area (Å²) in [7, 11) is -11.3. The normalized spacial score (nSPS) is 16.3. The zero-order valence-electron chi connectivity index (χ0n) is 11.3. The molecule has 0 fully saturated rings. The Morgan fingerprint density at radius 3 is 1.57 bits per heavy atom. The molecule has 0 aliphatic rings. The quantitative estimate of drug-likeness (QED) is 0.332. The number of carboxylic acid groups (broad SMARTS) is 2. The van der Waals surface area contributed by atoms with Gasteiger partial charge in [0.05, 0.1) is 11.8 Å². The van der Waals surface area contributed by atoms with Gasteiger partial charge < -0.3 is 29.8 Å². The predicted molar refractivity (Wildman–Crippen MR) is 69.7 cm³/mol. The van der Waals surface area contributed by atoms with Gasteiger partial charge in [-0.1, -0.05) is 20.3 Å². The highest BCUT2D eigenvalue weighted by Gasteiger charge is 2.68. The molecule has 0 amide bonds. The van der Waals surface area contributed by atoms with Crippen LogP contribution in [0.5, 0.6) is 0 Å². The Bertz CT molecular complexity index is 481. The molecular weight excluding hydrogens is 330 g/mol. The van der Waals surface area contributed by atoms with Crippen molar-refractivity contribution in [3.63, 3.8) is 0 Å². The minimum absolute atomic E-state index is 0.160. The molecule has 0 aliphatic heterocycles. The third-order valence-corrected chi connectivity index (χ3v) is 7.86. The zero-order chi connectivity index (χ0) is 17.2. The van der Waals surface area contributed by atoms with Gasteiger partial charge in [0, 0.05) is 0 Å². The number of hydrogen-bond acceptors (Lipinski definition) is 4. The Morgan fingerprint density at radius 1 is 1.00 bits per heavy atom. The lowest BCUT2D eigenvalue weighted by Gasteiger charge is -2.40. The summed E-state index contributed by atoms with van der Waals surface area (Å²) in [6, 6.07) is 0. The van der Waals surface area contributed by atoms with Gasteiger partial charge in [0.15, 0.2) is 4.90 Å². The van der Waals surface area contributed by atoms with Gasteiger partial charge in [-0.25, -0.2) is 0 Å². The molecule has 0 saturated carbocycles. The molecule has 0 aromatic carbocycles. The standard InChI is InChI=1S/C9H18O10P2/c1-3-4-9(20(14,15)16,21(17,18)19)6(8(12)13)5(2)7(10)11/h5-6H,3-4H2,1-2H3,(H,10,11)(H,12,13)(H2,14,15,16)(H2,17,18,19). The molecule has 0 aromatic rings. The van der Waals surface area contributed by atoms with E-state index in [1.54, 1.807) is 0 Å². The summed E-state index contributed by atoms with van der Waals surface area (Å²) in [6.07, 6.45) is -0.998. The summed E-state index contributed by atoms with van der Waals surface area (Å²) in [6.45, 7) is 2.17. The van der Waals surface area contributed by atoms with Crippen LogP contribution in [0, 0.1) is 11.8 Å². The van der Waals surface area contributed by atoms with Gasteiger partial charge in [0.2, 0.25) is 0 Å². The second-order valence-corrected chi connectivity index (χ2v) is 8.78.